The van der Waals surface area contributed by atoms with Crippen molar-refractivity contribution in [2.24, 2.45) is 0 Å². The van der Waals surface area contributed by atoms with Crippen LogP contribution in [0.1, 0.15) is 5.69 Å². The molecule has 1 N–H and O–H groups in total. The van der Waals surface area contributed by atoms with Gasteiger partial charge in [0.2, 0.25) is 0 Å². The highest BCUT2D eigenvalue weighted by Crippen LogP contribution is 2.19. The molecular formula is C12H7N5. The molecule has 0 spiro atoms. The lowest BCUT2D eigenvalue weighted by Gasteiger charge is -1.93. The largest absolute Gasteiger partial charge is 0.334 e. The van der Waals surface area contributed by atoms with Crippen LogP contribution in [0.3, 0.4) is 0 Å². The van der Waals surface area contributed by atoms with Gasteiger partial charge in [0.15, 0.2) is 11.3 Å². The summed E-state index contributed by atoms with van der Waals surface area (Å²) in [7, 11) is 0. The molecule has 1 aromatic carbocycles. The van der Waals surface area contributed by atoms with Gasteiger partial charge >= 0.3 is 0 Å². The maximum Gasteiger partial charge on any atom is 0.182 e. The van der Waals surface area contributed by atoms with E-state index in [0.717, 1.165) is 5.56 Å². The number of aromatic nitrogens is 4. The van der Waals surface area contributed by atoms with Gasteiger partial charge in [-0.15, -0.1) is 0 Å². The van der Waals surface area contributed by atoms with Crippen molar-refractivity contribution in [2.45, 2.75) is 0 Å². The Morgan fingerprint density at radius 1 is 1.12 bits per heavy atom. The van der Waals surface area contributed by atoms with Gasteiger partial charge in [0.05, 0.1) is 0 Å². The van der Waals surface area contributed by atoms with Crippen molar-refractivity contribution >= 4 is 11.2 Å². The van der Waals surface area contributed by atoms with E-state index in [4.69, 9.17) is 5.26 Å². The number of nitrogens with one attached hydrogen (secondary N) is 1. The number of hydrogen-bond acceptors (Lipinski definition) is 4. The Morgan fingerprint density at radius 2 is 1.94 bits per heavy atom. The number of hydrogen-bond donors (Lipinski definition) is 1. The molecule has 2 aromatic heterocycles. The molecule has 0 amide bonds. The SMILES string of the molecule is N#Cc1ncnc2nc(-c3ccccc3)[nH]c12. The van der Waals surface area contributed by atoms with Crippen LogP contribution < -0.4 is 0 Å². The molecule has 0 unspecified atom stereocenters. The van der Waals surface area contributed by atoms with Crippen LogP contribution in [0.4, 0.5) is 0 Å². The monoisotopic (exact) mass is 221 g/mol. The Labute approximate surface area is 96.8 Å². The summed E-state index contributed by atoms with van der Waals surface area (Å²) in [5.41, 5.74) is 2.35. The topological polar surface area (TPSA) is 78.2 Å². The van der Waals surface area contributed by atoms with Gasteiger partial charge in [-0.25, -0.2) is 15.0 Å². The second-order valence-electron chi connectivity index (χ2n) is 3.48. The first kappa shape index (κ1) is 9.48. The Balaban J connectivity index is 2.25. The van der Waals surface area contributed by atoms with Crippen LogP contribution in [-0.2, 0) is 0 Å². The summed E-state index contributed by atoms with van der Waals surface area (Å²) >= 11 is 0. The third kappa shape index (κ3) is 1.52. The molecule has 5 heteroatoms. The molecule has 2 heterocycles. The van der Waals surface area contributed by atoms with Crippen molar-refractivity contribution in [1.29, 1.82) is 5.26 Å². The lowest BCUT2D eigenvalue weighted by molar-refractivity contribution is 1.17. The normalized spacial score (nSPS) is 10.3. The lowest BCUT2D eigenvalue weighted by atomic mass is 10.2. The van der Waals surface area contributed by atoms with Crippen LogP contribution in [0.15, 0.2) is 36.7 Å². The van der Waals surface area contributed by atoms with Gasteiger partial charge in [-0.3, -0.25) is 0 Å². The summed E-state index contributed by atoms with van der Waals surface area (Å²) in [5, 5.41) is 8.93. The molecule has 80 valence electrons. The second kappa shape index (κ2) is 3.68. The van der Waals surface area contributed by atoms with Crippen molar-refractivity contribution in [3.05, 3.63) is 42.4 Å². The van der Waals surface area contributed by atoms with E-state index in [9.17, 15) is 0 Å². The minimum atomic E-state index is 0.310. The van der Waals surface area contributed by atoms with Crippen LogP contribution >= 0.6 is 0 Å². The average molecular weight is 221 g/mol. The maximum absolute atomic E-state index is 8.93. The van der Waals surface area contributed by atoms with Gasteiger partial charge < -0.3 is 4.98 Å². The van der Waals surface area contributed by atoms with E-state index < -0.39 is 0 Å². The van der Waals surface area contributed by atoms with E-state index in [-0.39, 0.29) is 0 Å². The van der Waals surface area contributed by atoms with E-state index in [1.165, 1.54) is 6.33 Å². The van der Waals surface area contributed by atoms with E-state index in [1.54, 1.807) is 0 Å². The van der Waals surface area contributed by atoms with Crippen LogP contribution in [0.25, 0.3) is 22.6 Å². The van der Waals surface area contributed by atoms with E-state index in [1.807, 2.05) is 36.4 Å². The molecule has 3 aromatic rings. The summed E-state index contributed by atoms with van der Waals surface area (Å²) in [6, 6.07) is 11.7. The fourth-order valence-electron chi connectivity index (χ4n) is 1.65. The zero-order valence-corrected chi connectivity index (χ0v) is 8.75. The first-order chi connectivity index (χ1) is 8.38. The molecule has 0 aliphatic heterocycles. The highest BCUT2D eigenvalue weighted by molar-refractivity contribution is 5.79. The zero-order valence-electron chi connectivity index (χ0n) is 8.75. The minimum Gasteiger partial charge on any atom is -0.334 e. The van der Waals surface area contributed by atoms with Gasteiger partial charge in [-0.1, -0.05) is 30.3 Å². The molecule has 0 fully saturated rings. The van der Waals surface area contributed by atoms with Crippen molar-refractivity contribution in [1.82, 2.24) is 19.9 Å². The number of fused-ring (bicyclic) bond motifs is 1. The molecule has 0 bridgehead atoms. The van der Waals surface area contributed by atoms with Gasteiger partial charge in [0.25, 0.3) is 0 Å². The predicted molar refractivity (Wildman–Crippen MR) is 61.8 cm³/mol. The summed E-state index contributed by atoms with van der Waals surface area (Å²) in [6.45, 7) is 0. The first-order valence-corrected chi connectivity index (χ1v) is 5.05. The fourth-order valence-corrected chi connectivity index (χ4v) is 1.65. The number of H-pyrrole nitrogens is 1. The van der Waals surface area contributed by atoms with Crippen LogP contribution in [0.2, 0.25) is 0 Å². The fraction of sp³-hybridized carbons (Fsp3) is 0. The van der Waals surface area contributed by atoms with Gasteiger partial charge in [0.1, 0.15) is 23.7 Å². The van der Waals surface area contributed by atoms with Crippen molar-refractivity contribution in [3.63, 3.8) is 0 Å². The third-order valence-corrected chi connectivity index (χ3v) is 2.44. The summed E-state index contributed by atoms with van der Waals surface area (Å²) in [4.78, 5) is 15.3. The summed E-state index contributed by atoms with van der Waals surface area (Å²) in [6.07, 6.45) is 1.34. The van der Waals surface area contributed by atoms with E-state index in [2.05, 4.69) is 19.9 Å². The number of benzene rings is 1. The van der Waals surface area contributed by atoms with Crippen LogP contribution in [0.5, 0.6) is 0 Å². The van der Waals surface area contributed by atoms with Crippen LogP contribution in [0, 0.1) is 11.3 Å². The average Bonchev–Trinajstić information content (AvgIpc) is 2.83. The molecule has 0 atom stereocenters. The highest BCUT2D eigenvalue weighted by atomic mass is 15.0. The zero-order chi connectivity index (χ0) is 11.7. The Kier molecular flexibility index (Phi) is 2.06. The molecule has 0 radical (unpaired) electrons. The van der Waals surface area contributed by atoms with Crippen LogP contribution in [-0.4, -0.2) is 19.9 Å². The van der Waals surface area contributed by atoms with E-state index in [0.29, 0.717) is 22.7 Å². The summed E-state index contributed by atoms with van der Waals surface area (Å²) in [5.74, 6) is 0.692. The second-order valence-corrected chi connectivity index (χ2v) is 3.48. The Morgan fingerprint density at radius 3 is 2.71 bits per heavy atom. The van der Waals surface area contributed by atoms with Crippen molar-refractivity contribution in [3.8, 4) is 17.5 Å². The quantitative estimate of drug-likeness (QED) is 0.680. The molecule has 0 saturated heterocycles. The van der Waals surface area contributed by atoms with Gasteiger partial charge in [-0.2, -0.15) is 5.26 Å². The lowest BCUT2D eigenvalue weighted by Crippen LogP contribution is -1.86. The predicted octanol–water partition coefficient (Wildman–Crippen LogP) is 1.89. The highest BCUT2D eigenvalue weighted by Gasteiger charge is 2.09. The van der Waals surface area contributed by atoms with Crippen molar-refractivity contribution < 1.29 is 0 Å². The number of aromatic amines is 1. The first-order valence-electron chi connectivity index (χ1n) is 5.05. The number of rotatable bonds is 1. The van der Waals surface area contributed by atoms with Gasteiger partial charge in [0, 0.05) is 5.56 Å². The standard InChI is InChI=1S/C12H7N5/c13-6-9-10-12(15-7-14-9)17-11(16-10)8-4-2-1-3-5-8/h1-5,7H,(H,14,15,16,17). The molecule has 17 heavy (non-hydrogen) atoms. The molecular weight excluding hydrogens is 214 g/mol. The molecule has 0 saturated carbocycles. The molecule has 3 rings (SSSR count). The Bertz CT molecular complexity index is 709. The molecule has 5 nitrogen and oxygen atoms in total. The van der Waals surface area contributed by atoms with Crippen molar-refractivity contribution in [2.75, 3.05) is 0 Å². The van der Waals surface area contributed by atoms with Gasteiger partial charge in [-0.05, 0) is 0 Å². The minimum absolute atomic E-state index is 0.310. The molecule has 0 aliphatic carbocycles. The maximum atomic E-state index is 8.93. The number of nitrogens with zero attached hydrogens (tertiary/aromatic N) is 4. The summed E-state index contributed by atoms with van der Waals surface area (Å²) < 4.78 is 0. The Hall–Kier alpha value is -2.74. The number of imidazole rings is 1. The van der Waals surface area contributed by atoms with E-state index >= 15 is 0 Å². The molecule has 0 aliphatic rings. The number of nitriles is 1. The smallest absolute Gasteiger partial charge is 0.182 e. The third-order valence-electron chi connectivity index (χ3n) is 2.44.